The average Bonchev–Trinajstić information content (AvgIpc) is 2.56. The summed E-state index contributed by atoms with van der Waals surface area (Å²) < 4.78 is 13.1. The Labute approximate surface area is 133 Å². The average molecular weight is 315 g/mol. The Hall–Kier alpha value is -2.57. The molecule has 1 N–H and O–H groups in total. The van der Waals surface area contributed by atoms with E-state index >= 15 is 0 Å². The van der Waals surface area contributed by atoms with Crippen LogP contribution < -0.4 is 10.2 Å². The van der Waals surface area contributed by atoms with E-state index in [1.165, 1.54) is 6.20 Å². The maximum Gasteiger partial charge on any atom is 0.257 e. The minimum atomic E-state index is -0.552. The second-order valence-corrected chi connectivity index (χ2v) is 5.79. The molecule has 1 aliphatic heterocycles. The maximum absolute atomic E-state index is 13.1. The molecule has 1 saturated heterocycles. The number of piperidine rings is 1. The van der Waals surface area contributed by atoms with Gasteiger partial charge in [0.15, 0.2) is 0 Å². The summed E-state index contributed by atoms with van der Waals surface area (Å²) in [7, 11) is 0. The highest BCUT2D eigenvalue weighted by Gasteiger charge is 2.18. The van der Waals surface area contributed by atoms with Crippen molar-refractivity contribution in [2.24, 2.45) is 5.92 Å². The number of halogens is 1. The van der Waals surface area contributed by atoms with Gasteiger partial charge >= 0.3 is 0 Å². The van der Waals surface area contributed by atoms with Crippen molar-refractivity contribution in [3.05, 3.63) is 42.2 Å². The van der Waals surface area contributed by atoms with Gasteiger partial charge in [-0.05, 0) is 24.8 Å². The first-order chi connectivity index (χ1) is 11.1. The molecule has 0 saturated carbocycles. The molecule has 2 aromatic heterocycles. The quantitative estimate of drug-likeness (QED) is 0.942. The fourth-order valence-electron chi connectivity index (χ4n) is 2.50. The number of anilines is 2. The van der Waals surface area contributed by atoms with Crippen molar-refractivity contribution >= 4 is 17.5 Å². The number of nitrogens with one attached hydrogen (secondary N) is 1. The normalized spacial score (nSPS) is 15.5. The molecule has 0 atom stereocenters. The third-order valence-electron chi connectivity index (χ3n) is 3.93. The number of hydrogen-bond donors (Lipinski definition) is 1. The molecule has 6 nitrogen and oxygen atoms in total. The van der Waals surface area contributed by atoms with E-state index < -0.39 is 11.7 Å². The molecule has 0 bridgehead atoms. The predicted octanol–water partition coefficient (Wildman–Crippen LogP) is 2.50. The van der Waals surface area contributed by atoms with Crippen molar-refractivity contribution in [1.29, 1.82) is 0 Å². The van der Waals surface area contributed by atoms with E-state index in [4.69, 9.17) is 0 Å². The van der Waals surface area contributed by atoms with Crippen LogP contribution in [0.15, 0.2) is 30.9 Å². The van der Waals surface area contributed by atoms with Crippen LogP contribution in [0.3, 0.4) is 0 Å². The fourth-order valence-corrected chi connectivity index (χ4v) is 2.50. The van der Waals surface area contributed by atoms with Crippen LogP contribution in [0.5, 0.6) is 0 Å². The van der Waals surface area contributed by atoms with Crippen LogP contribution in [0.25, 0.3) is 0 Å². The topological polar surface area (TPSA) is 71.0 Å². The molecule has 7 heteroatoms. The van der Waals surface area contributed by atoms with Gasteiger partial charge in [-0.2, -0.15) is 0 Å². The number of carbonyl (C=O) groups is 1. The van der Waals surface area contributed by atoms with Crippen molar-refractivity contribution in [2.45, 2.75) is 19.8 Å². The van der Waals surface area contributed by atoms with E-state index in [2.05, 4.69) is 32.1 Å². The highest BCUT2D eigenvalue weighted by Crippen LogP contribution is 2.20. The number of nitrogens with zero attached hydrogens (tertiary/aromatic N) is 4. The summed E-state index contributed by atoms with van der Waals surface area (Å²) in [5.74, 6) is 0.413. The molecule has 1 aliphatic rings. The van der Waals surface area contributed by atoms with Crippen LogP contribution in [0.4, 0.5) is 16.0 Å². The molecule has 23 heavy (non-hydrogen) atoms. The lowest BCUT2D eigenvalue weighted by Crippen LogP contribution is -2.34. The van der Waals surface area contributed by atoms with Gasteiger partial charge in [-0.25, -0.2) is 14.4 Å². The zero-order valence-electron chi connectivity index (χ0n) is 12.9. The Morgan fingerprint density at radius 2 is 1.91 bits per heavy atom. The van der Waals surface area contributed by atoms with Gasteiger partial charge in [0, 0.05) is 19.3 Å². The van der Waals surface area contributed by atoms with Gasteiger partial charge in [0.1, 0.15) is 5.82 Å². The molecule has 2 aromatic rings. The second-order valence-electron chi connectivity index (χ2n) is 5.79. The third kappa shape index (κ3) is 3.80. The fraction of sp³-hybridized carbons (Fsp3) is 0.375. The first-order valence-corrected chi connectivity index (χ1v) is 7.61. The lowest BCUT2D eigenvalue weighted by molar-refractivity contribution is 0.102. The largest absolute Gasteiger partial charge is 0.341 e. The summed E-state index contributed by atoms with van der Waals surface area (Å²) in [4.78, 5) is 26.4. The Balaban J connectivity index is 1.64. The summed E-state index contributed by atoms with van der Waals surface area (Å²) in [5.41, 5.74) is 0.618. The number of rotatable bonds is 3. The summed E-state index contributed by atoms with van der Waals surface area (Å²) in [6, 6.07) is 1.13. The van der Waals surface area contributed by atoms with Crippen molar-refractivity contribution in [1.82, 2.24) is 15.0 Å². The maximum atomic E-state index is 13.1. The number of amides is 1. The molecule has 0 unspecified atom stereocenters. The molecule has 3 rings (SSSR count). The van der Waals surface area contributed by atoms with Gasteiger partial charge in [-0.15, -0.1) is 0 Å². The number of pyridine rings is 1. The lowest BCUT2D eigenvalue weighted by Gasteiger charge is -2.30. The Morgan fingerprint density at radius 1 is 1.22 bits per heavy atom. The number of hydrogen-bond acceptors (Lipinski definition) is 5. The van der Waals surface area contributed by atoms with Crippen molar-refractivity contribution in [2.75, 3.05) is 23.3 Å². The van der Waals surface area contributed by atoms with Crippen molar-refractivity contribution in [3.63, 3.8) is 0 Å². The molecule has 120 valence electrons. The molecular formula is C16H18FN5O. The first-order valence-electron chi connectivity index (χ1n) is 7.61. The zero-order valence-corrected chi connectivity index (χ0v) is 12.9. The molecule has 0 aliphatic carbocycles. The Kier molecular flexibility index (Phi) is 4.45. The van der Waals surface area contributed by atoms with Crippen LogP contribution in [0.1, 0.15) is 30.1 Å². The van der Waals surface area contributed by atoms with E-state index in [0.717, 1.165) is 44.1 Å². The first kappa shape index (κ1) is 15.3. The second kappa shape index (κ2) is 6.68. The highest BCUT2D eigenvalue weighted by atomic mass is 19.1. The SMILES string of the molecule is CC1CCN(c2ncc(NC(=O)c3cncc(F)c3)cn2)CC1. The van der Waals surface area contributed by atoms with Gasteiger partial charge in [-0.3, -0.25) is 9.78 Å². The van der Waals surface area contributed by atoms with Crippen molar-refractivity contribution < 1.29 is 9.18 Å². The van der Waals surface area contributed by atoms with Gasteiger partial charge in [0.2, 0.25) is 5.95 Å². The van der Waals surface area contributed by atoms with Crippen LogP contribution in [-0.4, -0.2) is 33.9 Å². The van der Waals surface area contributed by atoms with Gasteiger partial charge in [-0.1, -0.05) is 6.92 Å². The lowest BCUT2D eigenvalue weighted by atomic mass is 10.00. The highest BCUT2D eigenvalue weighted by molar-refractivity contribution is 6.03. The van der Waals surface area contributed by atoms with Gasteiger partial charge in [0.05, 0.1) is 29.8 Å². The molecule has 1 amide bonds. The van der Waals surface area contributed by atoms with E-state index in [0.29, 0.717) is 11.6 Å². The minimum Gasteiger partial charge on any atom is -0.341 e. The monoisotopic (exact) mass is 315 g/mol. The summed E-state index contributed by atoms with van der Waals surface area (Å²) in [5, 5.41) is 2.63. The molecular weight excluding hydrogens is 297 g/mol. The van der Waals surface area contributed by atoms with Gasteiger partial charge < -0.3 is 10.2 Å². The molecule has 0 radical (unpaired) electrons. The third-order valence-corrected chi connectivity index (χ3v) is 3.93. The number of carbonyl (C=O) groups excluding carboxylic acids is 1. The number of aromatic nitrogens is 3. The molecule has 1 fully saturated rings. The summed E-state index contributed by atoms with van der Waals surface area (Å²) in [6.07, 6.45) is 7.75. The van der Waals surface area contributed by atoms with Crippen molar-refractivity contribution in [3.8, 4) is 0 Å². The standard InChI is InChI=1S/C16H18FN5O/c1-11-2-4-22(5-3-11)16-19-9-14(10-20-16)21-15(23)12-6-13(17)8-18-7-12/h6-11H,2-5H2,1H3,(H,21,23). The van der Waals surface area contributed by atoms with Crippen LogP contribution in [-0.2, 0) is 0 Å². The van der Waals surface area contributed by atoms with E-state index in [1.807, 2.05) is 0 Å². The van der Waals surface area contributed by atoms with Crippen LogP contribution >= 0.6 is 0 Å². The summed E-state index contributed by atoms with van der Waals surface area (Å²) >= 11 is 0. The predicted molar refractivity (Wildman–Crippen MR) is 84.8 cm³/mol. The Morgan fingerprint density at radius 3 is 2.57 bits per heavy atom. The molecule has 0 aromatic carbocycles. The molecule has 3 heterocycles. The minimum absolute atomic E-state index is 0.152. The molecule has 0 spiro atoms. The smallest absolute Gasteiger partial charge is 0.257 e. The van der Waals surface area contributed by atoms with E-state index in [1.54, 1.807) is 12.4 Å². The van der Waals surface area contributed by atoms with Gasteiger partial charge in [0.25, 0.3) is 5.91 Å². The van der Waals surface area contributed by atoms with E-state index in [9.17, 15) is 9.18 Å². The Bertz CT molecular complexity index is 683. The zero-order chi connectivity index (χ0) is 16.2. The van der Waals surface area contributed by atoms with Crippen LogP contribution in [0.2, 0.25) is 0 Å². The summed E-state index contributed by atoms with van der Waals surface area (Å²) in [6.45, 7) is 4.14. The van der Waals surface area contributed by atoms with Crippen LogP contribution in [0, 0.1) is 11.7 Å². The van der Waals surface area contributed by atoms with E-state index in [-0.39, 0.29) is 5.56 Å².